The Balaban J connectivity index is 1.49. The zero-order valence-corrected chi connectivity index (χ0v) is 18.6. The van der Waals surface area contributed by atoms with Crippen molar-refractivity contribution in [3.05, 3.63) is 134 Å². The van der Waals surface area contributed by atoms with Crippen LogP contribution in [0.4, 0.5) is 0 Å². The number of fused-ring (bicyclic) bond motifs is 5. The third-order valence-corrected chi connectivity index (χ3v) is 6.75. The Bertz CT molecular complexity index is 1790. The van der Waals surface area contributed by atoms with Crippen LogP contribution < -0.4 is 0 Å². The summed E-state index contributed by atoms with van der Waals surface area (Å²) in [6, 6.07) is 45.5. The molecule has 0 aliphatic carbocycles. The molecular formula is C32H22N2. The third-order valence-electron chi connectivity index (χ3n) is 6.75. The number of hydrogen-bond donors (Lipinski definition) is 0. The first-order chi connectivity index (χ1) is 16.9. The Morgan fingerprint density at radius 2 is 1.06 bits per heavy atom. The van der Waals surface area contributed by atoms with Gasteiger partial charge in [-0.3, -0.25) is 0 Å². The minimum Gasteiger partial charge on any atom is -0.317 e. The molecule has 0 atom stereocenters. The molecule has 7 rings (SSSR count). The molecule has 0 saturated heterocycles. The SMILES string of the molecule is c1ccc(-c2cccc(-n3ccc4c5c6ccccc6n(-c6ccccc6)c5ccc43)c2)cc1. The Labute approximate surface area is 197 Å². The zero-order chi connectivity index (χ0) is 22.5. The van der Waals surface area contributed by atoms with Crippen molar-refractivity contribution in [1.29, 1.82) is 0 Å². The van der Waals surface area contributed by atoms with E-state index >= 15 is 0 Å². The summed E-state index contributed by atoms with van der Waals surface area (Å²) in [5.41, 5.74) is 8.49. The number of rotatable bonds is 3. The number of benzene rings is 5. The molecule has 2 heteroatoms. The average molecular weight is 435 g/mol. The molecule has 2 nitrogen and oxygen atoms in total. The first kappa shape index (κ1) is 19.0. The summed E-state index contributed by atoms with van der Waals surface area (Å²) in [5, 5.41) is 3.85. The van der Waals surface area contributed by atoms with E-state index < -0.39 is 0 Å². The van der Waals surface area contributed by atoms with Gasteiger partial charge in [0.25, 0.3) is 0 Å². The molecular weight excluding hydrogens is 412 g/mol. The van der Waals surface area contributed by atoms with Crippen LogP contribution in [0.3, 0.4) is 0 Å². The summed E-state index contributed by atoms with van der Waals surface area (Å²) < 4.78 is 4.67. The van der Waals surface area contributed by atoms with Crippen LogP contribution in [0, 0.1) is 0 Å². The normalized spacial score (nSPS) is 11.5. The molecule has 0 N–H and O–H groups in total. The maximum absolute atomic E-state index is 2.37. The van der Waals surface area contributed by atoms with Gasteiger partial charge in [-0.1, -0.05) is 78.9 Å². The Morgan fingerprint density at radius 3 is 1.91 bits per heavy atom. The molecule has 5 aromatic carbocycles. The number of para-hydroxylation sites is 2. The predicted molar refractivity (Wildman–Crippen MR) is 143 cm³/mol. The highest BCUT2D eigenvalue weighted by Crippen LogP contribution is 2.38. The smallest absolute Gasteiger partial charge is 0.0548 e. The first-order valence-electron chi connectivity index (χ1n) is 11.6. The summed E-state index contributed by atoms with van der Waals surface area (Å²) in [6.07, 6.45) is 2.20. The van der Waals surface area contributed by atoms with Gasteiger partial charge in [0.15, 0.2) is 0 Å². The van der Waals surface area contributed by atoms with Gasteiger partial charge in [-0.15, -0.1) is 0 Å². The van der Waals surface area contributed by atoms with Crippen molar-refractivity contribution < 1.29 is 0 Å². The van der Waals surface area contributed by atoms with Crippen LogP contribution >= 0.6 is 0 Å². The first-order valence-corrected chi connectivity index (χ1v) is 11.6. The second kappa shape index (κ2) is 7.50. The topological polar surface area (TPSA) is 9.86 Å². The lowest BCUT2D eigenvalue weighted by Gasteiger charge is -2.10. The van der Waals surface area contributed by atoms with Crippen molar-refractivity contribution in [3.8, 4) is 22.5 Å². The van der Waals surface area contributed by atoms with Crippen LogP contribution in [-0.2, 0) is 0 Å². The standard InChI is InChI=1S/C32H22N2/c1-3-10-23(11-4-1)24-12-9-15-26(22-24)33-21-20-28-29(33)18-19-31-32(28)27-16-7-8-17-30(27)34(31)25-13-5-2-6-14-25/h1-22H. The van der Waals surface area contributed by atoms with Crippen LogP contribution in [-0.4, -0.2) is 9.13 Å². The van der Waals surface area contributed by atoms with Crippen LogP contribution in [0.15, 0.2) is 134 Å². The fourth-order valence-electron chi connectivity index (χ4n) is 5.23. The lowest BCUT2D eigenvalue weighted by atomic mass is 10.1. The molecule has 2 aromatic heterocycles. The monoisotopic (exact) mass is 434 g/mol. The molecule has 0 unspecified atom stereocenters. The van der Waals surface area contributed by atoms with Gasteiger partial charge in [-0.2, -0.15) is 0 Å². The van der Waals surface area contributed by atoms with Gasteiger partial charge in [0.05, 0.1) is 16.6 Å². The minimum atomic E-state index is 1.17. The van der Waals surface area contributed by atoms with Crippen molar-refractivity contribution in [2.45, 2.75) is 0 Å². The zero-order valence-electron chi connectivity index (χ0n) is 18.6. The maximum atomic E-state index is 2.37. The van der Waals surface area contributed by atoms with Crippen molar-refractivity contribution >= 4 is 32.7 Å². The van der Waals surface area contributed by atoms with Crippen molar-refractivity contribution in [3.63, 3.8) is 0 Å². The Morgan fingerprint density at radius 1 is 0.412 bits per heavy atom. The van der Waals surface area contributed by atoms with E-state index in [2.05, 4.69) is 143 Å². The van der Waals surface area contributed by atoms with E-state index in [0.717, 1.165) is 0 Å². The molecule has 0 fully saturated rings. The molecule has 0 spiro atoms. The van der Waals surface area contributed by atoms with Crippen molar-refractivity contribution in [1.82, 2.24) is 9.13 Å². The molecule has 7 aromatic rings. The summed E-state index contributed by atoms with van der Waals surface area (Å²) in [6.45, 7) is 0. The maximum Gasteiger partial charge on any atom is 0.0548 e. The van der Waals surface area contributed by atoms with Gasteiger partial charge in [0.2, 0.25) is 0 Å². The van der Waals surface area contributed by atoms with E-state index in [1.807, 2.05) is 0 Å². The second-order valence-electron chi connectivity index (χ2n) is 8.68. The summed E-state index contributed by atoms with van der Waals surface area (Å²) in [7, 11) is 0. The van der Waals surface area contributed by atoms with E-state index in [0.29, 0.717) is 0 Å². The largest absolute Gasteiger partial charge is 0.317 e. The van der Waals surface area contributed by atoms with Gasteiger partial charge in [0, 0.05) is 33.7 Å². The average Bonchev–Trinajstić information content (AvgIpc) is 3.49. The van der Waals surface area contributed by atoms with Crippen LogP contribution in [0.2, 0.25) is 0 Å². The van der Waals surface area contributed by atoms with Crippen LogP contribution in [0.5, 0.6) is 0 Å². The molecule has 160 valence electrons. The molecule has 0 aliphatic heterocycles. The van der Waals surface area contributed by atoms with Crippen LogP contribution in [0.1, 0.15) is 0 Å². The van der Waals surface area contributed by atoms with Crippen molar-refractivity contribution in [2.75, 3.05) is 0 Å². The van der Waals surface area contributed by atoms with Gasteiger partial charge in [0.1, 0.15) is 0 Å². The van der Waals surface area contributed by atoms with E-state index in [-0.39, 0.29) is 0 Å². The number of nitrogens with zero attached hydrogens (tertiary/aromatic N) is 2. The van der Waals surface area contributed by atoms with Gasteiger partial charge < -0.3 is 9.13 Å². The van der Waals surface area contributed by atoms with E-state index in [1.54, 1.807) is 0 Å². The van der Waals surface area contributed by atoms with Gasteiger partial charge in [-0.05, 0) is 59.7 Å². The fraction of sp³-hybridized carbons (Fsp3) is 0. The fourth-order valence-corrected chi connectivity index (χ4v) is 5.23. The number of hydrogen-bond acceptors (Lipinski definition) is 0. The molecule has 0 radical (unpaired) electrons. The van der Waals surface area contributed by atoms with E-state index in [9.17, 15) is 0 Å². The highest BCUT2D eigenvalue weighted by molar-refractivity contribution is 6.21. The molecule has 0 bridgehead atoms. The summed E-state index contributed by atoms with van der Waals surface area (Å²) in [4.78, 5) is 0. The van der Waals surface area contributed by atoms with Gasteiger partial charge in [-0.25, -0.2) is 0 Å². The molecule has 0 amide bonds. The highest BCUT2D eigenvalue weighted by atomic mass is 15.0. The quantitative estimate of drug-likeness (QED) is 0.264. The predicted octanol–water partition coefficient (Wildman–Crippen LogP) is 8.39. The summed E-state index contributed by atoms with van der Waals surface area (Å²) in [5.74, 6) is 0. The Hall–Kier alpha value is -4.56. The molecule has 34 heavy (non-hydrogen) atoms. The lowest BCUT2D eigenvalue weighted by molar-refractivity contribution is 1.13. The minimum absolute atomic E-state index is 1.17. The highest BCUT2D eigenvalue weighted by Gasteiger charge is 2.16. The molecule has 2 heterocycles. The molecule has 0 saturated carbocycles. The summed E-state index contributed by atoms with van der Waals surface area (Å²) >= 11 is 0. The van der Waals surface area contributed by atoms with E-state index in [1.165, 1.54) is 55.2 Å². The van der Waals surface area contributed by atoms with Crippen LogP contribution in [0.25, 0.3) is 55.2 Å². The lowest BCUT2D eigenvalue weighted by Crippen LogP contribution is -1.94. The molecule has 0 aliphatic rings. The number of aromatic nitrogens is 2. The van der Waals surface area contributed by atoms with E-state index in [4.69, 9.17) is 0 Å². The second-order valence-corrected chi connectivity index (χ2v) is 8.68. The third kappa shape index (κ3) is 2.82. The van der Waals surface area contributed by atoms with Crippen molar-refractivity contribution in [2.24, 2.45) is 0 Å². The van der Waals surface area contributed by atoms with Gasteiger partial charge >= 0.3 is 0 Å². The Kier molecular flexibility index (Phi) is 4.18.